The third-order valence-electron chi connectivity index (χ3n) is 4.73. The number of aliphatic imine (C=N–C) groups is 1. The lowest BCUT2D eigenvalue weighted by Crippen LogP contribution is -2.41. The number of amidine groups is 1. The van der Waals surface area contributed by atoms with E-state index in [9.17, 15) is 9.59 Å². The number of thiophene rings is 1. The molecule has 1 N–H and O–H groups in total. The Morgan fingerprint density at radius 2 is 2.16 bits per heavy atom. The Kier molecular flexibility index (Phi) is 4.56. The average Bonchev–Trinajstić information content (AvgIpc) is 3.23. The largest absolute Gasteiger partial charge is 0.307 e. The molecule has 3 heterocycles. The summed E-state index contributed by atoms with van der Waals surface area (Å²) in [6.45, 7) is 7.73. The zero-order chi connectivity index (χ0) is 18.2. The van der Waals surface area contributed by atoms with Gasteiger partial charge in [0.25, 0.3) is 5.91 Å². The van der Waals surface area contributed by atoms with Crippen LogP contribution in [0.15, 0.2) is 34.8 Å². The maximum atomic E-state index is 12.9. The molecule has 0 aliphatic carbocycles. The number of ketones is 1. The SMILES string of the molecule is CCc1cnc(C2=NC(C)(C(C)C)C(=O)N2)c(C(=O)c2cccs2)c1. The van der Waals surface area contributed by atoms with Gasteiger partial charge in [0.2, 0.25) is 5.78 Å². The highest BCUT2D eigenvalue weighted by Gasteiger charge is 2.43. The molecule has 6 heteroatoms. The molecule has 1 amide bonds. The molecule has 0 saturated heterocycles. The van der Waals surface area contributed by atoms with Gasteiger partial charge in [-0.1, -0.05) is 26.8 Å². The molecule has 0 aromatic carbocycles. The van der Waals surface area contributed by atoms with Crippen molar-refractivity contribution in [3.8, 4) is 0 Å². The smallest absolute Gasteiger partial charge is 0.253 e. The number of hydrogen-bond donors (Lipinski definition) is 1. The molecule has 5 nitrogen and oxygen atoms in total. The van der Waals surface area contributed by atoms with E-state index in [4.69, 9.17) is 0 Å². The minimum Gasteiger partial charge on any atom is -0.307 e. The van der Waals surface area contributed by atoms with Crippen LogP contribution in [-0.2, 0) is 11.2 Å². The third-order valence-corrected chi connectivity index (χ3v) is 5.60. The van der Waals surface area contributed by atoms with Gasteiger partial charge < -0.3 is 5.32 Å². The van der Waals surface area contributed by atoms with Crippen molar-refractivity contribution in [3.63, 3.8) is 0 Å². The van der Waals surface area contributed by atoms with Crippen LogP contribution in [0.25, 0.3) is 0 Å². The summed E-state index contributed by atoms with van der Waals surface area (Å²) in [6, 6.07) is 5.49. The third kappa shape index (κ3) is 3.02. The number of carbonyl (C=O) groups is 2. The second-order valence-electron chi connectivity index (χ2n) is 6.62. The van der Waals surface area contributed by atoms with Crippen molar-refractivity contribution >= 4 is 28.9 Å². The number of aryl methyl sites for hydroxylation is 1. The zero-order valence-electron chi connectivity index (χ0n) is 14.8. The van der Waals surface area contributed by atoms with Gasteiger partial charge in [-0.3, -0.25) is 14.6 Å². The van der Waals surface area contributed by atoms with Gasteiger partial charge in [-0.2, -0.15) is 0 Å². The van der Waals surface area contributed by atoms with Crippen molar-refractivity contribution < 1.29 is 9.59 Å². The quantitative estimate of drug-likeness (QED) is 0.837. The van der Waals surface area contributed by atoms with Crippen LogP contribution in [0.3, 0.4) is 0 Å². The summed E-state index contributed by atoms with van der Waals surface area (Å²) >= 11 is 1.39. The normalized spacial score (nSPS) is 19.9. The van der Waals surface area contributed by atoms with E-state index in [0.29, 0.717) is 22.0 Å². The van der Waals surface area contributed by atoms with Crippen LogP contribution in [0.5, 0.6) is 0 Å². The van der Waals surface area contributed by atoms with Crippen molar-refractivity contribution in [1.82, 2.24) is 10.3 Å². The predicted molar refractivity (Wildman–Crippen MR) is 99.3 cm³/mol. The number of hydrogen-bond acceptors (Lipinski definition) is 5. The molecule has 1 aliphatic heterocycles. The molecule has 0 fully saturated rings. The fourth-order valence-electron chi connectivity index (χ4n) is 2.65. The van der Waals surface area contributed by atoms with Crippen molar-refractivity contribution in [1.29, 1.82) is 0 Å². The van der Waals surface area contributed by atoms with Gasteiger partial charge in [-0.25, -0.2) is 4.99 Å². The lowest BCUT2D eigenvalue weighted by atomic mass is 9.89. The Morgan fingerprint density at radius 1 is 1.40 bits per heavy atom. The van der Waals surface area contributed by atoms with Crippen molar-refractivity contribution in [3.05, 3.63) is 51.5 Å². The minimum absolute atomic E-state index is 0.0383. The number of amides is 1. The van der Waals surface area contributed by atoms with Gasteiger partial charge in [0.05, 0.1) is 10.4 Å². The van der Waals surface area contributed by atoms with Crippen molar-refractivity contribution in [2.24, 2.45) is 10.9 Å². The van der Waals surface area contributed by atoms with E-state index < -0.39 is 5.54 Å². The van der Waals surface area contributed by atoms with Gasteiger partial charge in [0.15, 0.2) is 5.84 Å². The first-order valence-electron chi connectivity index (χ1n) is 8.35. The monoisotopic (exact) mass is 355 g/mol. The molecule has 1 unspecified atom stereocenters. The van der Waals surface area contributed by atoms with Gasteiger partial charge >= 0.3 is 0 Å². The molecule has 1 aliphatic rings. The predicted octanol–water partition coefficient (Wildman–Crippen LogP) is 3.23. The molecule has 3 rings (SSSR count). The van der Waals surface area contributed by atoms with Gasteiger partial charge in [-0.05, 0) is 42.3 Å². The molecule has 0 saturated carbocycles. The van der Waals surface area contributed by atoms with E-state index in [-0.39, 0.29) is 17.6 Å². The Hall–Kier alpha value is -2.34. The Balaban J connectivity index is 2.11. The van der Waals surface area contributed by atoms with Crippen LogP contribution in [0.4, 0.5) is 0 Å². The molecule has 0 bridgehead atoms. The number of nitrogens with zero attached hydrogens (tertiary/aromatic N) is 2. The van der Waals surface area contributed by atoms with E-state index in [1.165, 1.54) is 11.3 Å². The highest BCUT2D eigenvalue weighted by atomic mass is 32.1. The lowest BCUT2D eigenvalue weighted by molar-refractivity contribution is -0.124. The first-order valence-corrected chi connectivity index (χ1v) is 9.23. The zero-order valence-corrected chi connectivity index (χ0v) is 15.6. The van der Waals surface area contributed by atoms with E-state index in [1.54, 1.807) is 19.2 Å². The fourth-order valence-corrected chi connectivity index (χ4v) is 3.33. The molecule has 2 aromatic heterocycles. The summed E-state index contributed by atoms with van der Waals surface area (Å²) < 4.78 is 0. The van der Waals surface area contributed by atoms with Crippen LogP contribution >= 0.6 is 11.3 Å². The maximum absolute atomic E-state index is 12.9. The maximum Gasteiger partial charge on any atom is 0.253 e. The number of rotatable bonds is 5. The highest BCUT2D eigenvalue weighted by molar-refractivity contribution is 7.12. The topological polar surface area (TPSA) is 71.4 Å². The van der Waals surface area contributed by atoms with Crippen LogP contribution in [0, 0.1) is 5.92 Å². The molecular weight excluding hydrogens is 334 g/mol. The van der Waals surface area contributed by atoms with E-state index in [1.807, 2.05) is 38.3 Å². The first-order chi connectivity index (χ1) is 11.9. The van der Waals surface area contributed by atoms with Crippen LogP contribution in [0.2, 0.25) is 0 Å². The first kappa shape index (κ1) is 17.5. The summed E-state index contributed by atoms with van der Waals surface area (Å²) in [4.78, 5) is 35.1. The van der Waals surface area contributed by atoms with E-state index >= 15 is 0 Å². The molecule has 0 spiro atoms. The summed E-state index contributed by atoms with van der Waals surface area (Å²) in [6.07, 6.45) is 2.51. The highest BCUT2D eigenvalue weighted by Crippen LogP contribution is 2.28. The molecule has 0 radical (unpaired) electrons. The van der Waals surface area contributed by atoms with Crippen LogP contribution in [0.1, 0.15) is 54.2 Å². The van der Waals surface area contributed by atoms with E-state index in [0.717, 1.165) is 12.0 Å². The fraction of sp³-hybridized carbons (Fsp3) is 0.368. The van der Waals surface area contributed by atoms with Crippen LogP contribution in [-0.4, -0.2) is 28.0 Å². The van der Waals surface area contributed by atoms with Crippen molar-refractivity contribution in [2.45, 2.75) is 39.7 Å². The number of carbonyl (C=O) groups excluding carboxylic acids is 2. The summed E-state index contributed by atoms with van der Waals surface area (Å²) in [5.74, 6) is 0.163. The second kappa shape index (κ2) is 6.52. The van der Waals surface area contributed by atoms with Gasteiger partial charge in [-0.15, -0.1) is 11.3 Å². The van der Waals surface area contributed by atoms with Gasteiger partial charge in [0.1, 0.15) is 11.2 Å². The average molecular weight is 355 g/mol. The lowest BCUT2D eigenvalue weighted by Gasteiger charge is -2.21. The second-order valence-corrected chi connectivity index (χ2v) is 7.56. The Bertz CT molecular complexity index is 856. The molecule has 1 atom stereocenters. The summed E-state index contributed by atoms with van der Waals surface area (Å²) in [5.41, 5.74) is 1.05. The van der Waals surface area contributed by atoms with Gasteiger partial charge in [0, 0.05) is 6.20 Å². The Morgan fingerprint density at radius 3 is 2.72 bits per heavy atom. The van der Waals surface area contributed by atoms with Crippen LogP contribution < -0.4 is 5.32 Å². The van der Waals surface area contributed by atoms with Crippen molar-refractivity contribution in [2.75, 3.05) is 0 Å². The molecular formula is C19H21N3O2S. The molecule has 130 valence electrons. The standard InChI is InChI=1S/C19H21N3O2S/c1-5-12-9-13(16(23)14-7-6-8-25-14)15(20-10-12)17-21-18(24)19(4,22-17)11(2)3/h6-11H,5H2,1-4H3,(H,21,22,24). The van der Waals surface area contributed by atoms with E-state index in [2.05, 4.69) is 15.3 Å². The number of aromatic nitrogens is 1. The summed E-state index contributed by atoms with van der Waals surface area (Å²) in [7, 11) is 0. The summed E-state index contributed by atoms with van der Waals surface area (Å²) in [5, 5.41) is 4.69. The molecule has 2 aromatic rings. The Labute approximate surface area is 151 Å². The number of pyridine rings is 1. The number of nitrogens with one attached hydrogen (secondary N) is 1. The molecule has 25 heavy (non-hydrogen) atoms. The minimum atomic E-state index is -0.844.